The van der Waals surface area contributed by atoms with E-state index in [0.717, 1.165) is 5.56 Å². The predicted octanol–water partition coefficient (Wildman–Crippen LogP) is 1.82. The van der Waals surface area contributed by atoms with Crippen molar-refractivity contribution in [1.82, 2.24) is 0 Å². The molecule has 0 bridgehead atoms. The highest BCUT2D eigenvalue weighted by Gasteiger charge is 2.37. The second kappa shape index (κ2) is 4.84. The second-order valence-electron chi connectivity index (χ2n) is 4.31. The quantitative estimate of drug-likeness (QED) is 0.926. The lowest BCUT2D eigenvalue weighted by Crippen LogP contribution is -2.49. The maximum absolute atomic E-state index is 13.0. The number of ketones is 1. The van der Waals surface area contributed by atoms with Gasteiger partial charge in [0.2, 0.25) is 0 Å². The van der Waals surface area contributed by atoms with Crippen LogP contribution in [0.1, 0.15) is 12.0 Å². The molecule has 2 N–H and O–H groups in total. The highest BCUT2D eigenvalue weighted by atomic mass is 79.9. The van der Waals surface area contributed by atoms with Crippen LogP contribution in [0.2, 0.25) is 0 Å². The van der Waals surface area contributed by atoms with E-state index in [1.165, 1.54) is 6.07 Å². The summed E-state index contributed by atoms with van der Waals surface area (Å²) in [6, 6.07) is 4.53. The molecule has 3 nitrogen and oxygen atoms in total. The molecule has 1 aliphatic rings. The maximum Gasteiger partial charge on any atom is 0.159 e. The lowest BCUT2D eigenvalue weighted by atomic mass is 9.90. The number of carbonyl (C=O) groups is 1. The minimum atomic E-state index is -0.874. The van der Waals surface area contributed by atoms with Gasteiger partial charge in [0.05, 0.1) is 11.1 Å². The van der Waals surface area contributed by atoms with E-state index in [0.29, 0.717) is 17.5 Å². The molecular formula is C12H13BrFNO2. The van der Waals surface area contributed by atoms with E-state index in [-0.39, 0.29) is 24.6 Å². The smallest absolute Gasteiger partial charge is 0.159 e. The molecule has 0 radical (unpaired) electrons. The third kappa shape index (κ3) is 2.73. The number of carbonyl (C=O) groups excluding carboxylic acids is 1. The summed E-state index contributed by atoms with van der Waals surface area (Å²) in [6.07, 6.45) is 0.757. The second-order valence-corrected chi connectivity index (χ2v) is 5.16. The van der Waals surface area contributed by atoms with Crippen LogP contribution in [0, 0.1) is 5.82 Å². The molecule has 0 aromatic heterocycles. The normalized spacial score (nSPS) is 23.9. The van der Waals surface area contributed by atoms with Crippen LogP contribution in [0.25, 0.3) is 0 Å². The summed E-state index contributed by atoms with van der Waals surface area (Å²) < 4.78 is 18.5. The zero-order chi connectivity index (χ0) is 12.5. The number of halogens is 2. The van der Waals surface area contributed by atoms with Crippen molar-refractivity contribution in [2.45, 2.75) is 18.4 Å². The zero-order valence-corrected chi connectivity index (χ0v) is 10.8. The summed E-state index contributed by atoms with van der Waals surface area (Å²) in [6.45, 7) is 0.795. The molecule has 1 aromatic carbocycles. The third-order valence-corrected chi connectivity index (χ3v) is 3.56. The zero-order valence-electron chi connectivity index (χ0n) is 9.21. The highest BCUT2D eigenvalue weighted by Crippen LogP contribution is 2.21. The summed E-state index contributed by atoms with van der Waals surface area (Å²) in [5.41, 5.74) is 5.83. The molecule has 5 heteroatoms. The molecule has 92 valence electrons. The molecular weight excluding hydrogens is 289 g/mol. The van der Waals surface area contributed by atoms with Crippen molar-refractivity contribution < 1.29 is 13.9 Å². The molecule has 0 saturated carbocycles. The summed E-state index contributed by atoms with van der Waals surface area (Å²) >= 11 is 3.09. The standard InChI is InChI=1S/C12H13BrFNO2/c13-9-5-8(1-2-10(9)14)6-11(16)12(15)3-4-17-7-12/h1-2,5H,3-4,6-7,15H2. The fraction of sp³-hybridized carbons (Fsp3) is 0.417. The minimum absolute atomic E-state index is 0.0616. The SMILES string of the molecule is NC1(C(=O)Cc2ccc(F)c(Br)c2)CCOC1. The van der Waals surface area contributed by atoms with Crippen molar-refractivity contribution in [1.29, 1.82) is 0 Å². The van der Waals surface area contributed by atoms with Gasteiger partial charge in [-0.15, -0.1) is 0 Å². The molecule has 1 unspecified atom stereocenters. The Kier molecular flexibility index (Phi) is 3.61. The van der Waals surface area contributed by atoms with Crippen LogP contribution in [0.15, 0.2) is 22.7 Å². The van der Waals surface area contributed by atoms with Gasteiger partial charge in [0.15, 0.2) is 5.78 Å². The fourth-order valence-electron chi connectivity index (χ4n) is 1.81. The van der Waals surface area contributed by atoms with Crippen molar-refractivity contribution in [2.75, 3.05) is 13.2 Å². The lowest BCUT2D eigenvalue weighted by molar-refractivity contribution is -0.123. The van der Waals surface area contributed by atoms with Gasteiger partial charge in [-0.05, 0) is 40.0 Å². The van der Waals surface area contributed by atoms with Crippen molar-refractivity contribution in [3.63, 3.8) is 0 Å². The average molecular weight is 302 g/mol. The van der Waals surface area contributed by atoms with Crippen LogP contribution < -0.4 is 5.73 Å². The van der Waals surface area contributed by atoms with Gasteiger partial charge in [-0.2, -0.15) is 0 Å². The molecule has 1 atom stereocenters. The van der Waals surface area contributed by atoms with Crippen molar-refractivity contribution in [3.8, 4) is 0 Å². The van der Waals surface area contributed by atoms with E-state index in [1.807, 2.05) is 0 Å². The van der Waals surface area contributed by atoms with Crippen LogP contribution in [0.4, 0.5) is 4.39 Å². The molecule has 1 aromatic rings. The Bertz CT molecular complexity index is 444. The molecule has 2 rings (SSSR count). The lowest BCUT2D eigenvalue weighted by Gasteiger charge is -2.19. The molecule has 1 saturated heterocycles. The molecule has 1 heterocycles. The number of rotatable bonds is 3. The molecule has 0 amide bonds. The van der Waals surface area contributed by atoms with Crippen molar-refractivity contribution in [3.05, 3.63) is 34.1 Å². The Balaban J connectivity index is 2.10. The number of nitrogens with two attached hydrogens (primary N) is 1. The van der Waals surface area contributed by atoms with E-state index in [4.69, 9.17) is 10.5 Å². The predicted molar refractivity (Wildman–Crippen MR) is 65.2 cm³/mol. The van der Waals surface area contributed by atoms with Gasteiger partial charge in [0.1, 0.15) is 11.4 Å². The van der Waals surface area contributed by atoms with Gasteiger partial charge in [-0.3, -0.25) is 4.79 Å². The summed E-state index contributed by atoms with van der Waals surface area (Å²) in [5.74, 6) is -0.402. The molecule has 1 aliphatic heterocycles. The molecule has 0 aliphatic carbocycles. The average Bonchev–Trinajstić information content (AvgIpc) is 2.72. The number of Topliss-reactive ketones (excluding diaryl/α,β-unsaturated/α-hetero) is 1. The Morgan fingerprint density at radius 3 is 2.94 bits per heavy atom. The van der Waals surface area contributed by atoms with Crippen LogP contribution in [0.3, 0.4) is 0 Å². The van der Waals surface area contributed by atoms with E-state index >= 15 is 0 Å². The first-order valence-corrected chi connectivity index (χ1v) is 6.14. The maximum atomic E-state index is 13.0. The first-order valence-electron chi connectivity index (χ1n) is 5.35. The monoisotopic (exact) mass is 301 g/mol. The van der Waals surface area contributed by atoms with Crippen molar-refractivity contribution in [2.24, 2.45) is 5.73 Å². The third-order valence-electron chi connectivity index (χ3n) is 2.96. The minimum Gasteiger partial charge on any atom is -0.379 e. The van der Waals surface area contributed by atoms with E-state index < -0.39 is 5.54 Å². The number of hydrogen-bond acceptors (Lipinski definition) is 3. The van der Waals surface area contributed by atoms with Gasteiger partial charge in [0.25, 0.3) is 0 Å². The van der Waals surface area contributed by atoms with Crippen LogP contribution in [-0.4, -0.2) is 24.5 Å². The topological polar surface area (TPSA) is 52.3 Å². The van der Waals surface area contributed by atoms with Gasteiger partial charge >= 0.3 is 0 Å². The highest BCUT2D eigenvalue weighted by molar-refractivity contribution is 9.10. The summed E-state index contributed by atoms with van der Waals surface area (Å²) in [7, 11) is 0. The van der Waals surface area contributed by atoms with Crippen LogP contribution in [-0.2, 0) is 16.0 Å². The van der Waals surface area contributed by atoms with Crippen LogP contribution in [0.5, 0.6) is 0 Å². The number of hydrogen-bond donors (Lipinski definition) is 1. The van der Waals surface area contributed by atoms with E-state index in [1.54, 1.807) is 12.1 Å². The number of ether oxygens (including phenoxy) is 1. The largest absolute Gasteiger partial charge is 0.379 e. The van der Waals surface area contributed by atoms with Gasteiger partial charge in [-0.1, -0.05) is 6.07 Å². The van der Waals surface area contributed by atoms with Crippen molar-refractivity contribution >= 4 is 21.7 Å². The fourth-order valence-corrected chi connectivity index (χ4v) is 2.24. The van der Waals surface area contributed by atoms with Crippen LogP contribution >= 0.6 is 15.9 Å². The van der Waals surface area contributed by atoms with E-state index in [2.05, 4.69) is 15.9 Å². The summed E-state index contributed by atoms with van der Waals surface area (Å²) in [4.78, 5) is 12.0. The van der Waals surface area contributed by atoms with Gasteiger partial charge in [0, 0.05) is 13.0 Å². The first-order chi connectivity index (χ1) is 8.01. The van der Waals surface area contributed by atoms with Gasteiger partial charge in [-0.25, -0.2) is 4.39 Å². The molecule has 17 heavy (non-hydrogen) atoms. The molecule has 0 spiro atoms. The molecule has 1 fully saturated rings. The Morgan fingerprint density at radius 2 is 2.35 bits per heavy atom. The Hall–Kier alpha value is -0.780. The van der Waals surface area contributed by atoms with E-state index in [9.17, 15) is 9.18 Å². The Morgan fingerprint density at radius 1 is 1.59 bits per heavy atom. The van der Waals surface area contributed by atoms with Gasteiger partial charge < -0.3 is 10.5 Å². The first kappa shape index (κ1) is 12.7. The Labute approximate surface area is 107 Å². The number of benzene rings is 1. The summed E-state index contributed by atoms with van der Waals surface area (Å²) in [5, 5.41) is 0.